The van der Waals surface area contributed by atoms with Crippen LogP contribution in [0.2, 0.25) is 0 Å². The van der Waals surface area contributed by atoms with E-state index in [1.807, 2.05) is 13.8 Å². The van der Waals surface area contributed by atoms with Crippen molar-refractivity contribution >= 4 is 17.7 Å². The molecule has 0 aliphatic heterocycles. The predicted molar refractivity (Wildman–Crippen MR) is 84.4 cm³/mol. The molecule has 0 N–H and O–H groups in total. The smallest absolute Gasteiger partial charge is 0.305 e. The Kier molecular flexibility index (Phi) is 9.70. The van der Waals surface area contributed by atoms with Crippen LogP contribution in [0.15, 0.2) is 0 Å². The Hall–Kier alpha value is -1.39. The fourth-order valence-electron chi connectivity index (χ4n) is 3.05. The predicted octanol–water partition coefficient (Wildman–Crippen LogP) is 3.44. The lowest BCUT2D eigenvalue weighted by Gasteiger charge is -2.38. The van der Waals surface area contributed by atoms with E-state index in [2.05, 4.69) is 0 Å². The third-order valence-electron chi connectivity index (χ3n) is 3.85. The minimum absolute atomic E-state index is 0.0303. The van der Waals surface area contributed by atoms with Gasteiger partial charge in [0.15, 0.2) is 0 Å². The summed E-state index contributed by atoms with van der Waals surface area (Å²) in [6, 6.07) is 0. The van der Waals surface area contributed by atoms with Gasteiger partial charge in [-0.15, -0.1) is 0 Å². The summed E-state index contributed by atoms with van der Waals surface area (Å²) in [6.07, 6.45) is 3.50. The number of ketones is 1. The van der Waals surface area contributed by atoms with Gasteiger partial charge in [0, 0.05) is 13.3 Å². The fourth-order valence-corrected chi connectivity index (χ4v) is 3.05. The van der Waals surface area contributed by atoms with Gasteiger partial charge in [0.1, 0.15) is 11.4 Å². The number of hydrogen-bond acceptors (Lipinski definition) is 5. The molecule has 2 atom stereocenters. The Bertz CT molecular complexity index is 377. The van der Waals surface area contributed by atoms with Gasteiger partial charge in [-0.1, -0.05) is 27.2 Å². The Labute approximate surface area is 133 Å². The zero-order valence-electron chi connectivity index (χ0n) is 14.6. The maximum atomic E-state index is 12.0. The van der Waals surface area contributed by atoms with Crippen LogP contribution in [-0.2, 0) is 23.9 Å². The molecule has 0 spiro atoms. The van der Waals surface area contributed by atoms with Gasteiger partial charge in [-0.05, 0) is 32.6 Å². The van der Waals surface area contributed by atoms with Gasteiger partial charge in [-0.2, -0.15) is 0 Å². The second-order valence-electron chi connectivity index (χ2n) is 5.66. The van der Waals surface area contributed by atoms with Crippen LogP contribution >= 0.6 is 0 Å². The molecule has 0 aromatic rings. The highest BCUT2D eigenvalue weighted by molar-refractivity contribution is 5.80. The summed E-state index contributed by atoms with van der Waals surface area (Å²) >= 11 is 0. The highest BCUT2D eigenvalue weighted by atomic mass is 16.6. The van der Waals surface area contributed by atoms with Crippen LogP contribution < -0.4 is 0 Å². The lowest BCUT2D eigenvalue weighted by Crippen LogP contribution is -2.45. The Morgan fingerprint density at radius 2 is 1.68 bits per heavy atom. The van der Waals surface area contributed by atoms with Crippen molar-refractivity contribution in [3.05, 3.63) is 0 Å². The van der Waals surface area contributed by atoms with Crippen molar-refractivity contribution in [2.75, 3.05) is 6.61 Å². The first kappa shape index (κ1) is 20.6. The quantitative estimate of drug-likeness (QED) is 0.431. The lowest BCUT2D eigenvalue weighted by molar-refractivity contribution is -0.170. The summed E-state index contributed by atoms with van der Waals surface area (Å²) in [5.74, 6) is -0.910. The van der Waals surface area contributed by atoms with E-state index in [1.54, 1.807) is 13.8 Å². The molecule has 22 heavy (non-hydrogen) atoms. The molecule has 0 amide bonds. The molecule has 0 saturated heterocycles. The van der Waals surface area contributed by atoms with E-state index in [1.165, 1.54) is 6.92 Å². The molecule has 0 aliphatic carbocycles. The summed E-state index contributed by atoms with van der Waals surface area (Å²) in [5.41, 5.74) is -0.792. The van der Waals surface area contributed by atoms with Gasteiger partial charge in [-0.25, -0.2) is 0 Å². The van der Waals surface area contributed by atoms with Crippen LogP contribution in [0.25, 0.3) is 0 Å². The van der Waals surface area contributed by atoms with Gasteiger partial charge in [0.2, 0.25) is 0 Å². The number of rotatable bonds is 11. The van der Waals surface area contributed by atoms with Gasteiger partial charge >= 0.3 is 11.9 Å². The Morgan fingerprint density at radius 1 is 1.05 bits per heavy atom. The van der Waals surface area contributed by atoms with Gasteiger partial charge in [-0.3, -0.25) is 14.4 Å². The second-order valence-corrected chi connectivity index (χ2v) is 5.66. The molecule has 0 aromatic carbocycles. The SMILES string of the molecule is CCCC(CCCOC(=O)CC)(OC(C)=O)C(CC)C(C)=O. The summed E-state index contributed by atoms with van der Waals surface area (Å²) < 4.78 is 10.7. The van der Waals surface area contributed by atoms with Crippen LogP contribution in [0.4, 0.5) is 0 Å². The second kappa shape index (κ2) is 10.4. The van der Waals surface area contributed by atoms with Crippen LogP contribution in [0.3, 0.4) is 0 Å². The molecule has 0 rings (SSSR count). The van der Waals surface area contributed by atoms with E-state index in [0.717, 1.165) is 6.42 Å². The normalized spacial score (nSPS) is 14.8. The number of carbonyl (C=O) groups excluding carboxylic acids is 3. The van der Waals surface area contributed by atoms with Crippen LogP contribution in [0.5, 0.6) is 0 Å². The number of hydrogen-bond donors (Lipinski definition) is 0. The average molecular weight is 314 g/mol. The average Bonchev–Trinajstić information content (AvgIpc) is 2.43. The van der Waals surface area contributed by atoms with Crippen molar-refractivity contribution in [2.24, 2.45) is 5.92 Å². The monoisotopic (exact) mass is 314 g/mol. The number of ether oxygens (including phenoxy) is 2. The first-order valence-corrected chi connectivity index (χ1v) is 8.18. The van der Waals surface area contributed by atoms with Crippen molar-refractivity contribution in [3.8, 4) is 0 Å². The van der Waals surface area contributed by atoms with Crippen molar-refractivity contribution in [3.63, 3.8) is 0 Å². The summed E-state index contributed by atoms with van der Waals surface area (Å²) in [7, 11) is 0. The molecule has 0 bridgehead atoms. The summed E-state index contributed by atoms with van der Waals surface area (Å²) in [5, 5.41) is 0. The molecular formula is C17H30O5. The lowest BCUT2D eigenvalue weighted by atomic mass is 9.76. The van der Waals surface area contributed by atoms with Gasteiger partial charge in [0.25, 0.3) is 0 Å². The van der Waals surface area contributed by atoms with Gasteiger partial charge in [0.05, 0.1) is 12.5 Å². The minimum atomic E-state index is -0.792. The Balaban J connectivity index is 5.05. The summed E-state index contributed by atoms with van der Waals surface area (Å²) in [6.45, 7) is 8.87. The third kappa shape index (κ3) is 6.58. The molecule has 0 saturated carbocycles. The van der Waals surface area contributed by atoms with E-state index in [9.17, 15) is 14.4 Å². The molecule has 0 heterocycles. The van der Waals surface area contributed by atoms with Crippen molar-refractivity contribution < 1.29 is 23.9 Å². The van der Waals surface area contributed by atoms with Crippen LogP contribution in [-0.4, -0.2) is 29.9 Å². The molecule has 0 fully saturated rings. The Morgan fingerprint density at radius 3 is 2.09 bits per heavy atom. The van der Waals surface area contributed by atoms with Crippen LogP contribution in [0.1, 0.15) is 73.1 Å². The molecule has 0 aliphatic rings. The molecule has 0 radical (unpaired) electrons. The topological polar surface area (TPSA) is 69.7 Å². The molecule has 0 aromatic heterocycles. The minimum Gasteiger partial charge on any atom is -0.466 e. The molecule has 2 unspecified atom stereocenters. The van der Waals surface area contributed by atoms with E-state index >= 15 is 0 Å². The summed E-state index contributed by atoms with van der Waals surface area (Å²) in [4.78, 5) is 34.7. The number of carbonyl (C=O) groups is 3. The first-order valence-electron chi connectivity index (χ1n) is 8.18. The highest BCUT2D eigenvalue weighted by Gasteiger charge is 2.42. The van der Waals surface area contributed by atoms with Crippen molar-refractivity contribution in [1.82, 2.24) is 0 Å². The molecule has 5 nitrogen and oxygen atoms in total. The standard InChI is InChI=1S/C17H30O5/c1-6-10-17(22-14(5)19,15(7-2)13(4)18)11-9-12-21-16(20)8-3/h15H,6-12H2,1-5H3. The molecule has 128 valence electrons. The van der Waals surface area contributed by atoms with E-state index in [0.29, 0.717) is 32.1 Å². The molecule has 5 heteroatoms. The zero-order valence-corrected chi connectivity index (χ0v) is 14.6. The van der Waals surface area contributed by atoms with Gasteiger partial charge < -0.3 is 9.47 Å². The van der Waals surface area contributed by atoms with E-state index in [4.69, 9.17) is 9.47 Å². The van der Waals surface area contributed by atoms with Crippen LogP contribution in [0, 0.1) is 5.92 Å². The van der Waals surface area contributed by atoms with E-state index in [-0.39, 0.29) is 30.2 Å². The van der Waals surface area contributed by atoms with Crippen molar-refractivity contribution in [1.29, 1.82) is 0 Å². The molecular weight excluding hydrogens is 284 g/mol. The first-order chi connectivity index (χ1) is 10.3. The highest BCUT2D eigenvalue weighted by Crippen LogP contribution is 2.35. The fraction of sp³-hybridized carbons (Fsp3) is 0.824. The maximum absolute atomic E-state index is 12.0. The largest absolute Gasteiger partial charge is 0.466 e. The number of esters is 2. The third-order valence-corrected chi connectivity index (χ3v) is 3.85. The van der Waals surface area contributed by atoms with Crippen molar-refractivity contribution in [2.45, 2.75) is 78.7 Å². The zero-order chi connectivity index (χ0) is 17.2. The van der Waals surface area contributed by atoms with E-state index < -0.39 is 5.60 Å². The maximum Gasteiger partial charge on any atom is 0.305 e. The number of Topliss-reactive ketones (excluding diaryl/α,β-unsaturated/α-hetero) is 1.